The van der Waals surface area contributed by atoms with Crippen molar-refractivity contribution in [2.75, 3.05) is 0 Å². The molecule has 0 atom stereocenters. The van der Waals surface area contributed by atoms with Gasteiger partial charge < -0.3 is 10.5 Å². The Labute approximate surface area is 114 Å². The van der Waals surface area contributed by atoms with Crippen LogP contribution in [0.5, 0.6) is 5.75 Å². The van der Waals surface area contributed by atoms with Gasteiger partial charge in [0.05, 0.1) is 5.02 Å². The van der Waals surface area contributed by atoms with Crippen LogP contribution in [0.4, 0.5) is 8.78 Å². The lowest BCUT2D eigenvalue weighted by molar-refractivity contribution is 0.296. The zero-order chi connectivity index (χ0) is 13.8. The molecule has 5 heteroatoms. The van der Waals surface area contributed by atoms with Crippen LogP contribution in [-0.2, 0) is 13.2 Å². The van der Waals surface area contributed by atoms with E-state index < -0.39 is 5.82 Å². The molecule has 0 spiro atoms. The minimum atomic E-state index is -0.513. The topological polar surface area (TPSA) is 35.2 Å². The zero-order valence-corrected chi connectivity index (χ0v) is 10.8. The maximum Gasteiger partial charge on any atom is 0.148 e. The molecule has 0 unspecified atom stereocenters. The Bertz CT molecular complexity index is 590. The van der Waals surface area contributed by atoms with Crippen molar-refractivity contribution in [2.24, 2.45) is 5.73 Å². The van der Waals surface area contributed by atoms with E-state index in [0.717, 1.165) is 0 Å². The standard InChI is InChI=1S/C14H12ClF2NO/c15-12-3-1-2-9(14(12)17)8-19-13-5-4-11(16)6-10(13)7-18/h1-6H,7-8,18H2. The van der Waals surface area contributed by atoms with Gasteiger partial charge >= 0.3 is 0 Å². The number of benzene rings is 2. The number of nitrogens with two attached hydrogens (primary N) is 1. The third-order valence-electron chi connectivity index (χ3n) is 2.66. The van der Waals surface area contributed by atoms with Crippen molar-refractivity contribution in [3.8, 4) is 5.75 Å². The van der Waals surface area contributed by atoms with Gasteiger partial charge in [-0.2, -0.15) is 0 Å². The lowest BCUT2D eigenvalue weighted by atomic mass is 10.2. The van der Waals surface area contributed by atoms with Crippen molar-refractivity contribution in [1.29, 1.82) is 0 Å². The molecule has 0 amide bonds. The molecule has 0 saturated carbocycles. The third-order valence-corrected chi connectivity index (χ3v) is 2.95. The summed E-state index contributed by atoms with van der Waals surface area (Å²) in [6, 6.07) is 8.71. The predicted octanol–water partition coefficient (Wildman–Crippen LogP) is 3.66. The molecule has 0 aliphatic heterocycles. The Morgan fingerprint density at radius 3 is 2.63 bits per heavy atom. The third kappa shape index (κ3) is 3.22. The van der Waals surface area contributed by atoms with Gasteiger partial charge in [0.2, 0.25) is 0 Å². The van der Waals surface area contributed by atoms with Crippen molar-refractivity contribution in [2.45, 2.75) is 13.2 Å². The fraction of sp³-hybridized carbons (Fsp3) is 0.143. The lowest BCUT2D eigenvalue weighted by Crippen LogP contribution is -2.04. The van der Waals surface area contributed by atoms with E-state index >= 15 is 0 Å². The van der Waals surface area contributed by atoms with Crippen molar-refractivity contribution < 1.29 is 13.5 Å². The van der Waals surface area contributed by atoms with Crippen molar-refractivity contribution in [3.63, 3.8) is 0 Å². The van der Waals surface area contributed by atoms with Crippen LogP contribution < -0.4 is 10.5 Å². The van der Waals surface area contributed by atoms with Crippen molar-refractivity contribution in [3.05, 3.63) is 64.2 Å². The van der Waals surface area contributed by atoms with E-state index in [1.54, 1.807) is 12.1 Å². The van der Waals surface area contributed by atoms with Gasteiger partial charge in [0.25, 0.3) is 0 Å². The molecule has 2 N–H and O–H groups in total. The molecule has 0 fully saturated rings. The summed E-state index contributed by atoms with van der Waals surface area (Å²) in [5.74, 6) is -0.467. The highest BCUT2D eigenvalue weighted by Crippen LogP contribution is 2.23. The summed E-state index contributed by atoms with van der Waals surface area (Å²) in [6.07, 6.45) is 0. The summed E-state index contributed by atoms with van der Waals surface area (Å²) in [7, 11) is 0. The summed E-state index contributed by atoms with van der Waals surface area (Å²) < 4.78 is 32.1. The number of ether oxygens (including phenoxy) is 1. The van der Waals surface area contributed by atoms with Crippen LogP contribution in [0.3, 0.4) is 0 Å². The van der Waals surface area contributed by atoms with Gasteiger partial charge in [-0.3, -0.25) is 0 Å². The van der Waals surface area contributed by atoms with Crippen LogP contribution in [-0.4, -0.2) is 0 Å². The van der Waals surface area contributed by atoms with Gasteiger partial charge in [0.1, 0.15) is 24.0 Å². The minimum Gasteiger partial charge on any atom is -0.488 e. The van der Waals surface area contributed by atoms with Crippen LogP contribution in [0, 0.1) is 11.6 Å². The first-order valence-corrected chi connectivity index (χ1v) is 6.04. The Morgan fingerprint density at radius 2 is 1.89 bits per heavy atom. The molecule has 0 radical (unpaired) electrons. The lowest BCUT2D eigenvalue weighted by Gasteiger charge is -2.11. The van der Waals surface area contributed by atoms with Gasteiger partial charge in [0.15, 0.2) is 0 Å². The van der Waals surface area contributed by atoms with Gasteiger partial charge in [-0.1, -0.05) is 23.7 Å². The largest absolute Gasteiger partial charge is 0.488 e. The monoisotopic (exact) mass is 283 g/mol. The molecule has 0 saturated heterocycles. The number of hydrogen-bond acceptors (Lipinski definition) is 2. The number of rotatable bonds is 4. The van der Waals surface area contributed by atoms with E-state index in [9.17, 15) is 8.78 Å². The van der Waals surface area contributed by atoms with Gasteiger partial charge in [-0.05, 0) is 24.3 Å². The van der Waals surface area contributed by atoms with Crippen LogP contribution in [0.2, 0.25) is 5.02 Å². The molecule has 2 nitrogen and oxygen atoms in total. The van der Waals surface area contributed by atoms with E-state index in [1.165, 1.54) is 24.3 Å². The Morgan fingerprint density at radius 1 is 1.11 bits per heavy atom. The highest BCUT2D eigenvalue weighted by atomic mass is 35.5. The maximum atomic E-state index is 13.7. The second-order valence-corrected chi connectivity index (χ2v) is 4.36. The van der Waals surface area contributed by atoms with E-state index in [1.807, 2.05) is 0 Å². The molecule has 2 rings (SSSR count). The quantitative estimate of drug-likeness (QED) is 0.929. The number of halogens is 3. The first-order chi connectivity index (χ1) is 9.11. The summed E-state index contributed by atoms with van der Waals surface area (Å²) in [6.45, 7) is 0.149. The number of hydrogen-bond donors (Lipinski definition) is 1. The van der Waals surface area contributed by atoms with Crippen LogP contribution in [0.25, 0.3) is 0 Å². The molecule has 19 heavy (non-hydrogen) atoms. The van der Waals surface area contributed by atoms with E-state index in [4.69, 9.17) is 22.1 Å². The summed E-state index contributed by atoms with van der Waals surface area (Å²) >= 11 is 5.67. The maximum absolute atomic E-state index is 13.7. The average Bonchev–Trinajstić information content (AvgIpc) is 2.41. The smallest absolute Gasteiger partial charge is 0.148 e. The van der Waals surface area contributed by atoms with Crippen molar-refractivity contribution >= 4 is 11.6 Å². The summed E-state index contributed by atoms with van der Waals surface area (Å²) in [5, 5.41) is 0.0410. The highest BCUT2D eigenvalue weighted by Gasteiger charge is 2.09. The fourth-order valence-electron chi connectivity index (χ4n) is 1.66. The molecular weight excluding hydrogens is 272 g/mol. The average molecular weight is 284 g/mol. The minimum absolute atomic E-state index is 0.00499. The van der Waals surface area contributed by atoms with Crippen LogP contribution in [0.1, 0.15) is 11.1 Å². The van der Waals surface area contributed by atoms with E-state index in [2.05, 4.69) is 0 Å². The summed E-state index contributed by atoms with van der Waals surface area (Å²) in [5.41, 5.74) is 6.36. The summed E-state index contributed by atoms with van der Waals surface area (Å²) in [4.78, 5) is 0. The fourth-order valence-corrected chi connectivity index (χ4v) is 1.86. The highest BCUT2D eigenvalue weighted by molar-refractivity contribution is 6.30. The van der Waals surface area contributed by atoms with Crippen molar-refractivity contribution in [1.82, 2.24) is 0 Å². The SMILES string of the molecule is NCc1cc(F)ccc1OCc1cccc(Cl)c1F. The van der Waals surface area contributed by atoms with Crippen LogP contribution >= 0.6 is 11.6 Å². The zero-order valence-electron chi connectivity index (χ0n) is 10.00. The van der Waals surface area contributed by atoms with Gasteiger partial charge in [-0.15, -0.1) is 0 Å². The Kier molecular flexibility index (Phi) is 4.35. The first kappa shape index (κ1) is 13.8. The molecule has 0 aliphatic rings. The van der Waals surface area contributed by atoms with E-state index in [-0.39, 0.29) is 24.0 Å². The molecule has 0 bridgehead atoms. The molecule has 100 valence electrons. The molecule has 2 aromatic carbocycles. The molecule has 2 aromatic rings. The molecule has 0 aromatic heterocycles. The second-order valence-electron chi connectivity index (χ2n) is 3.96. The predicted molar refractivity (Wildman–Crippen MR) is 70.0 cm³/mol. The van der Waals surface area contributed by atoms with E-state index in [0.29, 0.717) is 16.9 Å². The van der Waals surface area contributed by atoms with Gasteiger partial charge in [-0.25, -0.2) is 8.78 Å². The molecule has 0 heterocycles. The second kappa shape index (κ2) is 5.99. The Balaban J connectivity index is 2.17. The molecule has 0 aliphatic carbocycles. The molecular formula is C14H12ClF2NO. The Hall–Kier alpha value is -1.65. The first-order valence-electron chi connectivity index (χ1n) is 5.66. The van der Waals surface area contributed by atoms with Crippen LogP contribution in [0.15, 0.2) is 36.4 Å². The van der Waals surface area contributed by atoms with Gasteiger partial charge in [0, 0.05) is 17.7 Å². The normalized spacial score (nSPS) is 10.5.